The number of carbonyl (C=O) groups excluding carboxylic acids is 2. The van der Waals surface area contributed by atoms with Crippen molar-refractivity contribution in [2.45, 2.75) is 13.5 Å². The molecule has 0 spiro atoms. The standard InChI is InChI=1S/C30H29NO6/c1-5-37-25-16-10-22(11-17-25)28-26(20-6-12-23(34-2)13-7-20)18-31(29(28)30(33)36-4)19-27(32)21-8-14-24(35-3)15-9-21/h6-18H,5,19H2,1-4H3. The van der Waals surface area contributed by atoms with Gasteiger partial charge >= 0.3 is 5.97 Å². The van der Waals surface area contributed by atoms with Gasteiger partial charge in [0.2, 0.25) is 0 Å². The van der Waals surface area contributed by atoms with Crippen molar-refractivity contribution in [1.82, 2.24) is 4.57 Å². The summed E-state index contributed by atoms with van der Waals surface area (Å²) in [5.74, 6) is 1.42. The average molecular weight is 500 g/mol. The van der Waals surface area contributed by atoms with Gasteiger partial charge in [-0.05, 0) is 66.6 Å². The van der Waals surface area contributed by atoms with E-state index in [4.69, 9.17) is 18.9 Å². The highest BCUT2D eigenvalue weighted by molar-refractivity contribution is 6.03. The van der Waals surface area contributed by atoms with Gasteiger partial charge in [0.1, 0.15) is 22.9 Å². The minimum Gasteiger partial charge on any atom is -0.497 e. The molecular formula is C30H29NO6. The molecule has 190 valence electrons. The normalized spacial score (nSPS) is 10.6. The number of benzene rings is 3. The van der Waals surface area contributed by atoms with Crippen LogP contribution in [-0.2, 0) is 11.3 Å². The van der Waals surface area contributed by atoms with E-state index in [1.165, 1.54) is 7.11 Å². The smallest absolute Gasteiger partial charge is 0.355 e. The van der Waals surface area contributed by atoms with Gasteiger partial charge in [0.25, 0.3) is 0 Å². The van der Waals surface area contributed by atoms with Crippen LogP contribution in [0.4, 0.5) is 0 Å². The molecule has 3 aromatic carbocycles. The lowest BCUT2D eigenvalue weighted by Gasteiger charge is -2.11. The molecule has 0 amide bonds. The van der Waals surface area contributed by atoms with Gasteiger partial charge in [-0.3, -0.25) is 4.79 Å². The van der Waals surface area contributed by atoms with Crippen molar-refractivity contribution in [2.75, 3.05) is 27.9 Å². The van der Waals surface area contributed by atoms with Crippen LogP contribution in [0.1, 0.15) is 27.8 Å². The predicted molar refractivity (Wildman–Crippen MR) is 142 cm³/mol. The Bertz CT molecular complexity index is 1370. The fourth-order valence-corrected chi connectivity index (χ4v) is 4.19. The Labute approximate surface area is 216 Å². The van der Waals surface area contributed by atoms with Gasteiger partial charge in [0.05, 0.1) is 34.5 Å². The van der Waals surface area contributed by atoms with Gasteiger partial charge in [0.15, 0.2) is 5.78 Å². The lowest BCUT2D eigenvalue weighted by Crippen LogP contribution is -2.16. The molecule has 4 rings (SSSR count). The van der Waals surface area contributed by atoms with Gasteiger partial charge in [-0.25, -0.2) is 4.79 Å². The second kappa shape index (κ2) is 11.5. The van der Waals surface area contributed by atoms with Crippen LogP contribution in [0.5, 0.6) is 17.2 Å². The fraction of sp³-hybridized carbons (Fsp3) is 0.200. The van der Waals surface area contributed by atoms with Crippen LogP contribution < -0.4 is 14.2 Å². The summed E-state index contributed by atoms with van der Waals surface area (Å²) in [6.45, 7) is 2.43. The largest absolute Gasteiger partial charge is 0.497 e. The molecule has 0 fully saturated rings. The van der Waals surface area contributed by atoms with Crippen LogP contribution in [0.25, 0.3) is 22.3 Å². The summed E-state index contributed by atoms with van der Waals surface area (Å²) in [6.07, 6.45) is 1.82. The van der Waals surface area contributed by atoms with E-state index in [1.807, 2.05) is 61.7 Å². The summed E-state index contributed by atoms with van der Waals surface area (Å²) in [6, 6.07) is 22.0. The summed E-state index contributed by atoms with van der Waals surface area (Å²) in [5, 5.41) is 0. The van der Waals surface area contributed by atoms with E-state index in [9.17, 15) is 9.59 Å². The highest BCUT2D eigenvalue weighted by Crippen LogP contribution is 2.38. The molecule has 0 saturated carbocycles. The summed E-state index contributed by atoms with van der Waals surface area (Å²) < 4.78 is 22.9. The maximum absolute atomic E-state index is 13.2. The number of esters is 1. The Morgan fingerprint density at radius 2 is 1.27 bits per heavy atom. The zero-order valence-electron chi connectivity index (χ0n) is 21.3. The maximum Gasteiger partial charge on any atom is 0.355 e. The first-order chi connectivity index (χ1) is 18.0. The number of ketones is 1. The van der Waals surface area contributed by atoms with Gasteiger partial charge < -0.3 is 23.5 Å². The number of rotatable bonds is 10. The van der Waals surface area contributed by atoms with Crippen LogP contribution in [0.2, 0.25) is 0 Å². The molecule has 0 aliphatic rings. The maximum atomic E-state index is 13.2. The highest BCUT2D eigenvalue weighted by atomic mass is 16.5. The van der Waals surface area contributed by atoms with Crippen molar-refractivity contribution in [3.8, 4) is 39.5 Å². The molecular weight excluding hydrogens is 470 g/mol. The first-order valence-corrected chi connectivity index (χ1v) is 11.8. The number of hydrogen-bond donors (Lipinski definition) is 0. The van der Waals surface area contributed by atoms with E-state index in [0.29, 0.717) is 34.9 Å². The van der Waals surface area contributed by atoms with Crippen LogP contribution >= 0.6 is 0 Å². The molecule has 0 unspecified atom stereocenters. The van der Waals surface area contributed by atoms with Gasteiger partial charge in [0, 0.05) is 22.9 Å². The third-order valence-corrected chi connectivity index (χ3v) is 6.04. The average Bonchev–Trinajstić information content (AvgIpc) is 3.32. The first kappa shape index (κ1) is 25.6. The molecule has 0 atom stereocenters. The molecule has 1 aromatic heterocycles. The monoisotopic (exact) mass is 499 g/mol. The van der Waals surface area contributed by atoms with Crippen molar-refractivity contribution in [1.29, 1.82) is 0 Å². The third kappa shape index (κ3) is 5.51. The molecule has 0 aliphatic carbocycles. The van der Waals surface area contributed by atoms with Crippen molar-refractivity contribution in [3.05, 3.63) is 90.3 Å². The number of ether oxygens (including phenoxy) is 4. The second-order valence-corrected chi connectivity index (χ2v) is 8.22. The Kier molecular flexibility index (Phi) is 7.93. The van der Waals surface area contributed by atoms with Crippen molar-refractivity contribution >= 4 is 11.8 Å². The Morgan fingerprint density at radius 1 is 0.730 bits per heavy atom. The summed E-state index contributed by atoms with van der Waals surface area (Å²) >= 11 is 0. The molecule has 1 heterocycles. The van der Waals surface area contributed by atoms with E-state index in [2.05, 4.69) is 0 Å². The van der Waals surface area contributed by atoms with E-state index in [-0.39, 0.29) is 12.3 Å². The molecule has 0 aliphatic heterocycles. The number of nitrogens with zero attached hydrogens (tertiary/aromatic N) is 1. The number of Topliss-reactive ketones (excluding diaryl/α,β-unsaturated/α-hetero) is 1. The predicted octanol–water partition coefficient (Wildman–Crippen LogP) is 5.91. The second-order valence-electron chi connectivity index (χ2n) is 8.22. The summed E-state index contributed by atoms with van der Waals surface area (Å²) in [7, 11) is 4.51. The molecule has 0 saturated heterocycles. The van der Waals surface area contributed by atoms with E-state index in [1.54, 1.807) is 43.1 Å². The van der Waals surface area contributed by atoms with Crippen molar-refractivity contribution < 1.29 is 28.5 Å². The molecule has 0 radical (unpaired) electrons. The number of aromatic nitrogens is 1. The van der Waals surface area contributed by atoms with Crippen molar-refractivity contribution in [2.24, 2.45) is 0 Å². The zero-order valence-corrected chi connectivity index (χ0v) is 21.3. The van der Waals surface area contributed by atoms with E-state index < -0.39 is 5.97 Å². The van der Waals surface area contributed by atoms with Gasteiger partial charge in [-0.1, -0.05) is 24.3 Å². The summed E-state index contributed by atoms with van der Waals surface area (Å²) in [4.78, 5) is 26.4. The number of carbonyl (C=O) groups is 2. The number of hydrogen-bond acceptors (Lipinski definition) is 6. The molecule has 0 bridgehead atoms. The SMILES string of the molecule is CCOc1ccc(-c2c(-c3ccc(OC)cc3)cn(CC(=O)c3ccc(OC)cc3)c2C(=O)OC)cc1. The number of methoxy groups -OCH3 is 3. The van der Waals surface area contributed by atoms with Crippen LogP contribution in [0.3, 0.4) is 0 Å². The minimum atomic E-state index is -0.536. The molecule has 4 aromatic rings. The molecule has 0 N–H and O–H groups in total. The van der Waals surface area contributed by atoms with Crippen molar-refractivity contribution in [3.63, 3.8) is 0 Å². The molecule has 7 heteroatoms. The van der Waals surface area contributed by atoms with Gasteiger partial charge in [-0.2, -0.15) is 0 Å². The Hall–Kier alpha value is -4.52. The van der Waals surface area contributed by atoms with Crippen LogP contribution in [0, 0.1) is 0 Å². The zero-order chi connectivity index (χ0) is 26.4. The third-order valence-electron chi connectivity index (χ3n) is 6.04. The lowest BCUT2D eigenvalue weighted by molar-refractivity contribution is 0.0589. The van der Waals surface area contributed by atoms with E-state index >= 15 is 0 Å². The van der Waals surface area contributed by atoms with Crippen LogP contribution in [-0.4, -0.2) is 44.3 Å². The highest BCUT2D eigenvalue weighted by Gasteiger charge is 2.26. The Balaban J connectivity index is 1.85. The molecule has 37 heavy (non-hydrogen) atoms. The fourth-order valence-electron chi connectivity index (χ4n) is 4.19. The minimum absolute atomic E-state index is 0.0447. The first-order valence-electron chi connectivity index (χ1n) is 11.8. The lowest BCUT2D eigenvalue weighted by atomic mass is 9.96. The van der Waals surface area contributed by atoms with Gasteiger partial charge in [-0.15, -0.1) is 0 Å². The molecule has 7 nitrogen and oxygen atoms in total. The van der Waals surface area contributed by atoms with E-state index in [0.717, 1.165) is 22.4 Å². The summed E-state index contributed by atoms with van der Waals surface area (Å²) in [5.41, 5.74) is 3.92. The Morgan fingerprint density at radius 3 is 1.81 bits per heavy atom. The van der Waals surface area contributed by atoms with Crippen LogP contribution in [0.15, 0.2) is 79.0 Å². The quantitative estimate of drug-likeness (QED) is 0.200. The topological polar surface area (TPSA) is 76.0 Å².